The number of ether oxygens (including phenoxy) is 1. The van der Waals surface area contributed by atoms with Crippen LogP contribution in [0, 0.1) is 0 Å². The molecule has 3 heteroatoms. The Labute approximate surface area is 124 Å². The molecule has 2 aromatic carbocycles. The second-order valence-electron chi connectivity index (χ2n) is 5.48. The van der Waals surface area contributed by atoms with Crippen LogP contribution in [0.15, 0.2) is 54.6 Å². The van der Waals surface area contributed by atoms with E-state index in [1.165, 1.54) is 0 Å². The van der Waals surface area contributed by atoms with Gasteiger partial charge in [0, 0.05) is 5.69 Å². The van der Waals surface area contributed by atoms with Gasteiger partial charge in [-0.3, -0.25) is 4.79 Å². The molecule has 0 aromatic heterocycles. The Balaban J connectivity index is 1.80. The molecule has 21 heavy (non-hydrogen) atoms. The fourth-order valence-electron chi connectivity index (χ4n) is 2.86. The number of amides is 1. The van der Waals surface area contributed by atoms with Crippen molar-refractivity contribution in [1.82, 2.24) is 0 Å². The number of hydrogen-bond acceptors (Lipinski definition) is 2. The van der Waals surface area contributed by atoms with E-state index in [0.717, 1.165) is 36.3 Å². The Morgan fingerprint density at radius 3 is 2.24 bits per heavy atom. The number of anilines is 1. The van der Waals surface area contributed by atoms with Gasteiger partial charge in [-0.25, -0.2) is 0 Å². The molecule has 0 atom stereocenters. The highest BCUT2D eigenvalue weighted by molar-refractivity contribution is 5.99. The van der Waals surface area contributed by atoms with E-state index in [9.17, 15) is 4.79 Å². The first kappa shape index (κ1) is 13.7. The van der Waals surface area contributed by atoms with Crippen molar-refractivity contribution in [2.75, 3.05) is 12.4 Å². The maximum absolute atomic E-state index is 12.7. The summed E-state index contributed by atoms with van der Waals surface area (Å²) in [6.45, 7) is 0. The lowest BCUT2D eigenvalue weighted by atomic mass is 9.64. The average molecular weight is 281 g/mol. The van der Waals surface area contributed by atoms with Gasteiger partial charge >= 0.3 is 0 Å². The Bertz CT molecular complexity index is 615. The van der Waals surface area contributed by atoms with Crippen LogP contribution in [0.2, 0.25) is 0 Å². The smallest absolute Gasteiger partial charge is 0.235 e. The quantitative estimate of drug-likeness (QED) is 0.926. The van der Waals surface area contributed by atoms with Crippen molar-refractivity contribution in [1.29, 1.82) is 0 Å². The third-order valence-electron chi connectivity index (χ3n) is 4.32. The molecular formula is C18H19NO2. The van der Waals surface area contributed by atoms with E-state index in [2.05, 4.69) is 5.32 Å². The lowest BCUT2D eigenvalue weighted by Gasteiger charge is -2.40. The second kappa shape index (κ2) is 5.60. The third-order valence-corrected chi connectivity index (χ3v) is 4.32. The third kappa shape index (κ3) is 2.51. The summed E-state index contributed by atoms with van der Waals surface area (Å²) in [6.07, 6.45) is 2.93. The Morgan fingerprint density at radius 2 is 1.71 bits per heavy atom. The van der Waals surface area contributed by atoms with Crippen LogP contribution >= 0.6 is 0 Å². The molecule has 1 aliphatic carbocycles. The van der Waals surface area contributed by atoms with Crippen molar-refractivity contribution in [2.45, 2.75) is 24.7 Å². The molecular weight excluding hydrogens is 262 g/mol. The van der Waals surface area contributed by atoms with Gasteiger partial charge in [-0.2, -0.15) is 0 Å². The molecule has 1 N–H and O–H groups in total. The first-order valence-electron chi connectivity index (χ1n) is 7.26. The fourth-order valence-corrected chi connectivity index (χ4v) is 2.86. The van der Waals surface area contributed by atoms with E-state index in [4.69, 9.17) is 4.74 Å². The summed E-state index contributed by atoms with van der Waals surface area (Å²) in [6, 6.07) is 17.5. The summed E-state index contributed by atoms with van der Waals surface area (Å²) in [5, 5.41) is 3.04. The molecule has 3 rings (SSSR count). The SMILES string of the molecule is COc1ccc(NC(=O)C2(c3ccccc3)CCC2)cc1. The van der Waals surface area contributed by atoms with Crippen LogP contribution in [0.1, 0.15) is 24.8 Å². The van der Waals surface area contributed by atoms with E-state index >= 15 is 0 Å². The molecule has 0 bridgehead atoms. The monoisotopic (exact) mass is 281 g/mol. The zero-order valence-electron chi connectivity index (χ0n) is 12.1. The minimum absolute atomic E-state index is 0.0881. The van der Waals surface area contributed by atoms with Gasteiger partial charge in [-0.15, -0.1) is 0 Å². The molecule has 0 aliphatic heterocycles. The van der Waals surface area contributed by atoms with Crippen LogP contribution in [0.5, 0.6) is 5.75 Å². The number of carbonyl (C=O) groups excluding carboxylic acids is 1. The van der Waals surface area contributed by atoms with E-state index in [0.29, 0.717) is 0 Å². The van der Waals surface area contributed by atoms with Crippen molar-refractivity contribution in [2.24, 2.45) is 0 Å². The molecule has 1 saturated carbocycles. The summed E-state index contributed by atoms with van der Waals surface area (Å²) >= 11 is 0. The number of carbonyl (C=O) groups is 1. The summed E-state index contributed by atoms with van der Waals surface area (Å²) in [4.78, 5) is 12.7. The molecule has 1 fully saturated rings. The Kier molecular flexibility index (Phi) is 3.65. The number of hydrogen-bond donors (Lipinski definition) is 1. The summed E-state index contributed by atoms with van der Waals surface area (Å²) < 4.78 is 5.13. The molecule has 1 amide bonds. The molecule has 0 heterocycles. The van der Waals surface area contributed by atoms with Crippen molar-refractivity contribution < 1.29 is 9.53 Å². The molecule has 108 valence electrons. The van der Waals surface area contributed by atoms with Crippen molar-refractivity contribution in [3.8, 4) is 5.75 Å². The average Bonchev–Trinajstić information content (AvgIpc) is 2.48. The van der Waals surface area contributed by atoms with Crippen LogP contribution < -0.4 is 10.1 Å². The van der Waals surface area contributed by atoms with Gasteiger partial charge in [-0.05, 0) is 42.7 Å². The van der Waals surface area contributed by atoms with Crippen molar-refractivity contribution >= 4 is 11.6 Å². The van der Waals surface area contributed by atoms with Gasteiger partial charge < -0.3 is 10.1 Å². The lowest BCUT2D eigenvalue weighted by Crippen LogP contribution is -2.45. The predicted octanol–water partition coefficient (Wildman–Crippen LogP) is 3.76. The standard InChI is InChI=1S/C18H19NO2/c1-21-16-10-8-15(9-11-16)19-17(20)18(12-5-13-18)14-6-3-2-4-7-14/h2-4,6-11H,5,12-13H2,1H3,(H,19,20). The normalized spacial score (nSPS) is 15.9. The van der Waals surface area contributed by atoms with Gasteiger partial charge in [-0.1, -0.05) is 36.8 Å². The number of benzene rings is 2. The van der Waals surface area contributed by atoms with E-state index in [1.54, 1.807) is 7.11 Å². The zero-order valence-corrected chi connectivity index (χ0v) is 12.1. The Morgan fingerprint density at radius 1 is 1.05 bits per heavy atom. The topological polar surface area (TPSA) is 38.3 Å². The number of methoxy groups -OCH3 is 1. The van der Waals surface area contributed by atoms with Crippen LogP contribution in [0.4, 0.5) is 5.69 Å². The minimum atomic E-state index is -0.360. The van der Waals surface area contributed by atoms with Crippen LogP contribution in [0.25, 0.3) is 0 Å². The first-order chi connectivity index (χ1) is 10.2. The highest BCUT2D eigenvalue weighted by atomic mass is 16.5. The van der Waals surface area contributed by atoms with Gasteiger partial charge in [0.1, 0.15) is 5.75 Å². The highest BCUT2D eigenvalue weighted by Crippen LogP contribution is 2.44. The molecule has 2 aromatic rings. The maximum atomic E-state index is 12.7. The highest BCUT2D eigenvalue weighted by Gasteiger charge is 2.45. The fraction of sp³-hybridized carbons (Fsp3) is 0.278. The summed E-state index contributed by atoms with van der Waals surface area (Å²) in [7, 11) is 1.63. The predicted molar refractivity (Wildman–Crippen MR) is 83.6 cm³/mol. The zero-order chi connectivity index (χ0) is 14.7. The van der Waals surface area contributed by atoms with E-state index in [1.807, 2.05) is 54.6 Å². The van der Waals surface area contributed by atoms with Crippen molar-refractivity contribution in [3.05, 3.63) is 60.2 Å². The molecule has 1 aliphatic rings. The van der Waals surface area contributed by atoms with Crippen LogP contribution in [-0.4, -0.2) is 13.0 Å². The van der Waals surface area contributed by atoms with E-state index < -0.39 is 0 Å². The van der Waals surface area contributed by atoms with Crippen LogP contribution in [-0.2, 0) is 10.2 Å². The second-order valence-corrected chi connectivity index (χ2v) is 5.48. The van der Waals surface area contributed by atoms with Gasteiger partial charge in [0.05, 0.1) is 12.5 Å². The number of nitrogens with one attached hydrogen (secondary N) is 1. The van der Waals surface area contributed by atoms with Gasteiger partial charge in [0.2, 0.25) is 5.91 Å². The van der Waals surface area contributed by atoms with Crippen molar-refractivity contribution in [3.63, 3.8) is 0 Å². The van der Waals surface area contributed by atoms with Gasteiger partial charge in [0.15, 0.2) is 0 Å². The van der Waals surface area contributed by atoms with Gasteiger partial charge in [0.25, 0.3) is 0 Å². The lowest BCUT2D eigenvalue weighted by molar-refractivity contribution is -0.124. The molecule has 0 unspecified atom stereocenters. The van der Waals surface area contributed by atoms with Crippen LogP contribution in [0.3, 0.4) is 0 Å². The molecule has 0 saturated heterocycles. The first-order valence-corrected chi connectivity index (χ1v) is 7.26. The largest absolute Gasteiger partial charge is 0.497 e. The molecule has 0 radical (unpaired) electrons. The number of rotatable bonds is 4. The minimum Gasteiger partial charge on any atom is -0.497 e. The Hall–Kier alpha value is -2.29. The van der Waals surface area contributed by atoms with E-state index in [-0.39, 0.29) is 11.3 Å². The molecule has 0 spiro atoms. The summed E-state index contributed by atoms with van der Waals surface area (Å²) in [5.41, 5.74) is 1.56. The summed E-state index contributed by atoms with van der Waals surface area (Å²) in [5.74, 6) is 0.875. The molecule has 3 nitrogen and oxygen atoms in total. The maximum Gasteiger partial charge on any atom is 0.235 e.